The van der Waals surface area contributed by atoms with E-state index in [4.69, 9.17) is 10.5 Å². The lowest BCUT2D eigenvalue weighted by molar-refractivity contribution is 0.317. The molecule has 4 nitrogen and oxygen atoms in total. The largest absolute Gasteiger partial charge is 0.493 e. The maximum absolute atomic E-state index is 5.94. The molecule has 0 fully saturated rings. The molecule has 0 unspecified atom stereocenters. The third-order valence-corrected chi connectivity index (χ3v) is 3.28. The van der Waals surface area contributed by atoms with Crippen molar-refractivity contribution >= 4 is 5.69 Å². The smallest absolute Gasteiger partial charge is 0.123 e. The summed E-state index contributed by atoms with van der Waals surface area (Å²) in [6.07, 6.45) is 0.975. The predicted octanol–water partition coefficient (Wildman–Crippen LogP) is 3.17. The first-order valence-electron chi connectivity index (χ1n) is 6.59. The van der Waals surface area contributed by atoms with Gasteiger partial charge in [-0.2, -0.15) is 5.10 Å². The Morgan fingerprint density at radius 3 is 2.53 bits per heavy atom. The van der Waals surface area contributed by atoms with Crippen molar-refractivity contribution in [3.8, 4) is 11.4 Å². The third-order valence-electron chi connectivity index (χ3n) is 3.28. The number of ether oxygens (including phenoxy) is 1. The van der Waals surface area contributed by atoms with Crippen LogP contribution in [0.1, 0.15) is 30.3 Å². The van der Waals surface area contributed by atoms with E-state index in [-0.39, 0.29) is 0 Å². The van der Waals surface area contributed by atoms with Gasteiger partial charge in [-0.15, -0.1) is 0 Å². The number of nitrogens with two attached hydrogens (primary N) is 1. The van der Waals surface area contributed by atoms with Crippen molar-refractivity contribution in [2.24, 2.45) is 0 Å². The first-order chi connectivity index (χ1) is 9.02. The summed E-state index contributed by atoms with van der Waals surface area (Å²) >= 11 is 0. The lowest BCUT2D eigenvalue weighted by atomic mass is 10.2. The third kappa shape index (κ3) is 2.72. The van der Waals surface area contributed by atoms with Crippen LogP contribution in [-0.2, 0) is 0 Å². The molecule has 0 saturated carbocycles. The zero-order chi connectivity index (χ0) is 14.0. The number of nitrogens with zero attached hydrogens (tertiary/aromatic N) is 2. The maximum Gasteiger partial charge on any atom is 0.123 e. The second-order valence-corrected chi connectivity index (χ2v) is 4.82. The number of anilines is 1. The van der Waals surface area contributed by atoms with Crippen molar-refractivity contribution in [3.63, 3.8) is 0 Å². The highest BCUT2D eigenvalue weighted by Gasteiger charge is 2.10. The summed E-state index contributed by atoms with van der Waals surface area (Å²) in [6.45, 7) is 8.93. The van der Waals surface area contributed by atoms with Gasteiger partial charge in [-0.25, -0.2) is 4.68 Å². The van der Waals surface area contributed by atoms with E-state index in [2.05, 4.69) is 25.9 Å². The summed E-state index contributed by atoms with van der Waals surface area (Å²) in [6, 6.07) is 5.74. The van der Waals surface area contributed by atoms with Crippen LogP contribution >= 0.6 is 0 Å². The van der Waals surface area contributed by atoms with Crippen LogP contribution in [0.25, 0.3) is 5.69 Å². The van der Waals surface area contributed by atoms with Crippen molar-refractivity contribution in [2.45, 2.75) is 34.1 Å². The second kappa shape index (κ2) is 5.34. The van der Waals surface area contributed by atoms with Gasteiger partial charge in [-0.05, 0) is 38.8 Å². The van der Waals surface area contributed by atoms with Gasteiger partial charge in [0.2, 0.25) is 0 Å². The molecule has 0 amide bonds. The number of hydrogen-bond donors (Lipinski definition) is 1. The monoisotopic (exact) mass is 259 g/mol. The van der Waals surface area contributed by atoms with E-state index in [0.717, 1.165) is 29.2 Å². The number of hydrogen-bond acceptors (Lipinski definition) is 3. The van der Waals surface area contributed by atoms with E-state index in [1.54, 1.807) is 0 Å². The van der Waals surface area contributed by atoms with Gasteiger partial charge in [0.25, 0.3) is 0 Å². The highest BCUT2D eigenvalue weighted by atomic mass is 16.5. The Morgan fingerprint density at radius 2 is 1.95 bits per heavy atom. The Bertz CT molecular complexity index is 587. The Kier molecular flexibility index (Phi) is 3.79. The minimum atomic E-state index is 0.689. The van der Waals surface area contributed by atoms with Crippen molar-refractivity contribution in [1.82, 2.24) is 9.78 Å². The highest BCUT2D eigenvalue weighted by Crippen LogP contribution is 2.24. The number of rotatable bonds is 4. The van der Waals surface area contributed by atoms with Crippen molar-refractivity contribution in [2.75, 3.05) is 12.3 Å². The summed E-state index contributed by atoms with van der Waals surface area (Å²) in [5.41, 5.74) is 10.9. The van der Waals surface area contributed by atoms with Gasteiger partial charge < -0.3 is 10.5 Å². The van der Waals surface area contributed by atoms with Crippen LogP contribution in [0.5, 0.6) is 5.75 Å². The fourth-order valence-electron chi connectivity index (χ4n) is 2.00. The van der Waals surface area contributed by atoms with E-state index in [1.807, 2.05) is 29.8 Å². The minimum Gasteiger partial charge on any atom is -0.493 e. The average Bonchev–Trinajstić information content (AvgIpc) is 2.63. The lowest BCUT2D eigenvalue weighted by Crippen LogP contribution is -2.02. The van der Waals surface area contributed by atoms with Gasteiger partial charge in [0, 0.05) is 23.5 Å². The van der Waals surface area contributed by atoms with Gasteiger partial charge in [0.1, 0.15) is 5.75 Å². The quantitative estimate of drug-likeness (QED) is 0.858. The first kappa shape index (κ1) is 13.5. The number of nitrogen functional groups attached to an aromatic ring is 1. The zero-order valence-electron chi connectivity index (χ0n) is 12.0. The molecule has 0 atom stereocenters. The van der Waals surface area contributed by atoms with Gasteiger partial charge >= 0.3 is 0 Å². The van der Waals surface area contributed by atoms with Crippen LogP contribution in [0, 0.1) is 20.8 Å². The Balaban J connectivity index is 2.43. The summed E-state index contributed by atoms with van der Waals surface area (Å²) < 4.78 is 7.57. The molecule has 0 spiro atoms. The van der Waals surface area contributed by atoms with Crippen molar-refractivity contribution in [1.29, 1.82) is 0 Å². The molecule has 0 aliphatic carbocycles. The molecule has 0 aliphatic heterocycles. The van der Waals surface area contributed by atoms with E-state index < -0.39 is 0 Å². The summed E-state index contributed by atoms with van der Waals surface area (Å²) in [5, 5.41) is 4.55. The molecule has 19 heavy (non-hydrogen) atoms. The highest BCUT2D eigenvalue weighted by molar-refractivity contribution is 5.54. The summed E-state index contributed by atoms with van der Waals surface area (Å²) in [7, 11) is 0. The van der Waals surface area contributed by atoms with Gasteiger partial charge in [0.05, 0.1) is 18.0 Å². The second-order valence-electron chi connectivity index (χ2n) is 4.82. The average molecular weight is 259 g/mol. The molecular formula is C15H21N3O. The SMILES string of the molecule is CCCOc1cc(N)cc(-n2nc(C)c(C)c2C)c1. The molecule has 2 N–H and O–H groups in total. The van der Waals surface area contributed by atoms with Crippen LogP contribution in [0.2, 0.25) is 0 Å². The number of benzene rings is 1. The molecule has 2 rings (SSSR count). The fraction of sp³-hybridized carbons (Fsp3) is 0.400. The molecule has 0 saturated heterocycles. The standard InChI is InChI=1S/C15H21N3O/c1-5-6-19-15-8-13(16)7-14(9-15)18-12(4)10(2)11(3)17-18/h7-9H,5-6,16H2,1-4H3. The molecular weight excluding hydrogens is 238 g/mol. The fourth-order valence-corrected chi connectivity index (χ4v) is 2.00. The van der Waals surface area contributed by atoms with Crippen LogP contribution in [0.4, 0.5) is 5.69 Å². The van der Waals surface area contributed by atoms with E-state index in [9.17, 15) is 0 Å². The van der Waals surface area contributed by atoms with Gasteiger partial charge in [-0.1, -0.05) is 6.92 Å². The van der Waals surface area contributed by atoms with Gasteiger partial charge in [0.15, 0.2) is 0 Å². The van der Waals surface area contributed by atoms with Gasteiger partial charge in [-0.3, -0.25) is 0 Å². The predicted molar refractivity (Wildman–Crippen MR) is 78.0 cm³/mol. The zero-order valence-corrected chi connectivity index (χ0v) is 12.0. The molecule has 0 aliphatic rings. The van der Waals surface area contributed by atoms with E-state index in [0.29, 0.717) is 12.3 Å². The normalized spacial score (nSPS) is 10.7. The number of aryl methyl sites for hydroxylation is 1. The Morgan fingerprint density at radius 1 is 1.21 bits per heavy atom. The maximum atomic E-state index is 5.94. The van der Waals surface area contributed by atoms with E-state index in [1.165, 1.54) is 5.56 Å². The van der Waals surface area contributed by atoms with E-state index >= 15 is 0 Å². The van der Waals surface area contributed by atoms with Crippen LogP contribution in [0.3, 0.4) is 0 Å². The summed E-state index contributed by atoms with van der Waals surface area (Å²) in [5.74, 6) is 0.794. The van der Waals surface area contributed by atoms with Crippen LogP contribution < -0.4 is 10.5 Å². The Labute approximate surface area is 114 Å². The van der Waals surface area contributed by atoms with Crippen molar-refractivity contribution in [3.05, 3.63) is 35.2 Å². The molecule has 1 aromatic heterocycles. The molecule has 1 aromatic carbocycles. The lowest BCUT2D eigenvalue weighted by Gasteiger charge is -2.10. The van der Waals surface area contributed by atoms with Crippen LogP contribution in [0.15, 0.2) is 18.2 Å². The molecule has 102 valence electrons. The van der Waals surface area contributed by atoms with Crippen LogP contribution in [-0.4, -0.2) is 16.4 Å². The molecule has 1 heterocycles. The molecule has 0 radical (unpaired) electrons. The molecule has 2 aromatic rings. The topological polar surface area (TPSA) is 53.1 Å². The Hall–Kier alpha value is -1.97. The molecule has 0 bridgehead atoms. The first-order valence-corrected chi connectivity index (χ1v) is 6.59. The van der Waals surface area contributed by atoms with Crippen molar-refractivity contribution < 1.29 is 4.74 Å². The number of aromatic nitrogens is 2. The summed E-state index contributed by atoms with van der Waals surface area (Å²) in [4.78, 5) is 0. The molecule has 4 heteroatoms. The minimum absolute atomic E-state index is 0.689.